The van der Waals surface area contributed by atoms with Gasteiger partial charge in [-0.25, -0.2) is 0 Å². The van der Waals surface area contributed by atoms with Crippen LogP contribution in [0.2, 0.25) is 0 Å². The molecule has 0 fully saturated rings. The van der Waals surface area contributed by atoms with Crippen LogP contribution in [0, 0.1) is 19.3 Å². The Balaban J connectivity index is 1.93. The Bertz CT molecular complexity index is 350. The third-order valence-corrected chi connectivity index (χ3v) is 3.47. The zero-order valence-electron chi connectivity index (χ0n) is 11.2. The van der Waals surface area contributed by atoms with E-state index in [9.17, 15) is 0 Å². The number of benzene rings is 1. The first-order chi connectivity index (χ1) is 8.83. The average Bonchev–Trinajstić information content (AvgIpc) is 2.39. The number of terminal acetylenes is 1. The smallest absolute Gasteiger partial charge is 0.0618 e. The van der Waals surface area contributed by atoms with E-state index in [1.165, 1.54) is 41.8 Å². The largest absolute Gasteiger partial charge is 0.310 e. The minimum atomic E-state index is 0.827. The molecule has 0 spiro atoms. The van der Waals surface area contributed by atoms with E-state index in [2.05, 4.69) is 37.1 Å². The minimum Gasteiger partial charge on any atom is -0.310 e. The average molecular weight is 262 g/mol. The summed E-state index contributed by atoms with van der Waals surface area (Å²) in [5, 5.41) is 0. The van der Waals surface area contributed by atoms with Crippen molar-refractivity contribution in [1.29, 1.82) is 0 Å². The summed E-state index contributed by atoms with van der Waals surface area (Å²) in [6.45, 7) is 2.92. The summed E-state index contributed by atoms with van der Waals surface area (Å²) in [5.41, 5.74) is 1.28. The fraction of sp³-hybridized carbons (Fsp3) is 0.500. The highest BCUT2D eigenvalue weighted by atomic mass is 32.2. The van der Waals surface area contributed by atoms with E-state index in [1.807, 2.05) is 0 Å². The molecule has 0 aliphatic rings. The van der Waals surface area contributed by atoms with Gasteiger partial charge in [0.05, 0.1) is 6.61 Å². The molecule has 1 aromatic carbocycles. The van der Waals surface area contributed by atoms with Crippen molar-refractivity contribution in [2.75, 3.05) is 6.61 Å². The monoisotopic (exact) mass is 262 g/mol. The maximum atomic E-state index is 5.57. The molecule has 0 unspecified atom stereocenters. The van der Waals surface area contributed by atoms with Crippen LogP contribution in [0.25, 0.3) is 0 Å². The number of hydrogen-bond acceptors (Lipinski definition) is 2. The van der Waals surface area contributed by atoms with Crippen LogP contribution in [0.4, 0.5) is 0 Å². The van der Waals surface area contributed by atoms with E-state index in [1.54, 1.807) is 0 Å². The van der Waals surface area contributed by atoms with Crippen LogP contribution in [-0.2, 0) is 4.18 Å². The van der Waals surface area contributed by atoms with Gasteiger partial charge in [0, 0.05) is 23.4 Å². The Hall–Kier alpha value is -0.910. The molecule has 0 radical (unpaired) electrons. The van der Waals surface area contributed by atoms with Crippen molar-refractivity contribution in [3.63, 3.8) is 0 Å². The van der Waals surface area contributed by atoms with E-state index >= 15 is 0 Å². The van der Waals surface area contributed by atoms with Crippen LogP contribution in [0.5, 0.6) is 0 Å². The molecule has 0 N–H and O–H groups in total. The first-order valence-electron chi connectivity index (χ1n) is 6.62. The quantitative estimate of drug-likeness (QED) is 0.352. The van der Waals surface area contributed by atoms with Gasteiger partial charge < -0.3 is 4.18 Å². The second-order valence-electron chi connectivity index (χ2n) is 4.44. The Kier molecular flexibility index (Phi) is 8.46. The van der Waals surface area contributed by atoms with Crippen LogP contribution in [-0.4, -0.2) is 6.61 Å². The molecule has 0 amide bonds. The lowest BCUT2D eigenvalue weighted by Gasteiger charge is -2.03. The Morgan fingerprint density at radius 1 is 1.06 bits per heavy atom. The maximum absolute atomic E-state index is 5.57. The molecule has 2 heteroatoms. The third-order valence-electron chi connectivity index (χ3n) is 2.72. The number of hydrogen-bond donors (Lipinski definition) is 0. The zero-order chi connectivity index (χ0) is 13.1. The third kappa shape index (κ3) is 7.42. The van der Waals surface area contributed by atoms with Crippen molar-refractivity contribution in [2.24, 2.45) is 0 Å². The molecule has 0 saturated carbocycles. The van der Waals surface area contributed by atoms with E-state index in [-0.39, 0.29) is 0 Å². The lowest BCUT2D eigenvalue weighted by atomic mass is 10.1. The second kappa shape index (κ2) is 10.1. The highest BCUT2D eigenvalue weighted by molar-refractivity contribution is 7.94. The zero-order valence-corrected chi connectivity index (χ0v) is 12.0. The van der Waals surface area contributed by atoms with Gasteiger partial charge >= 0.3 is 0 Å². The molecule has 0 saturated heterocycles. The van der Waals surface area contributed by atoms with Gasteiger partial charge in [-0.3, -0.25) is 0 Å². The van der Waals surface area contributed by atoms with Crippen LogP contribution in [0.1, 0.15) is 44.1 Å². The van der Waals surface area contributed by atoms with Gasteiger partial charge in [-0.1, -0.05) is 37.0 Å². The fourth-order valence-electron chi connectivity index (χ4n) is 1.62. The van der Waals surface area contributed by atoms with Crippen molar-refractivity contribution in [3.05, 3.63) is 29.8 Å². The molecule has 0 heterocycles. The first-order valence-corrected chi connectivity index (χ1v) is 7.36. The molecular formula is C16H22OS. The highest BCUT2D eigenvalue weighted by Crippen LogP contribution is 2.19. The Morgan fingerprint density at radius 2 is 1.72 bits per heavy atom. The van der Waals surface area contributed by atoms with Crippen molar-refractivity contribution in [3.8, 4) is 12.3 Å². The molecule has 0 atom stereocenters. The van der Waals surface area contributed by atoms with Gasteiger partial charge in [0.2, 0.25) is 0 Å². The highest BCUT2D eigenvalue weighted by Gasteiger charge is 1.95. The predicted molar refractivity (Wildman–Crippen MR) is 79.5 cm³/mol. The molecule has 18 heavy (non-hydrogen) atoms. The normalized spacial score (nSPS) is 10.2. The van der Waals surface area contributed by atoms with Crippen LogP contribution in [0.3, 0.4) is 0 Å². The number of unbranched alkanes of at least 4 members (excludes halogenated alkanes) is 5. The lowest BCUT2D eigenvalue weighted by Crippen LogP contribution is -1.87. The number of aryl methyl sites for hydroxylation is 1. The topological polar surface area (TPSA) is 9.23 Å². The summed E-state index contributed by atoms with van der Waals surface area (Å²) < 4.78 is 5.57. The Labute approximate surface area is 116 Å². The number of rotatable bonds is 9. The van der Waals surface area contributed by atoms with Crippen LogP contribution >= 0.6 is 12.0 Å². The van der Waals surface area contributed by atoms with Crippen LogP contribution < -0.4 is 0 Å². The standard InChI is InChI=1S/C16H22OS/c1-3-4-5-6-7-8-9-14-17-18-16-12-10-15(2)11-13-16/h1,10-13H,4-9,14H2,2H3. The van der Waals surface area contributed by atoms with E-state index in [0.29, 0.717) is 0 Å². The molecule has 0 aromatic heterocycles. The summed E-state index contributed by atoms with van der Waals surface area (Å²) in [6.07, 6.45) is 12.2. The van der Waals surface area contributed by atoms with E-state index in [4.69, 9.17) is 10.6 Å². The SMILES string of the molecule is C#CCCCCCCCOSc1ccc(C)cc1. The van der Waals surface area contributed by atoms with Crippen molar-refractivity contribution >= 4 is 12.0 Å². The lowest BCUT2D eigenvalue weighted by molar-refractivity contribution is 0.355. The molecule has 1 aromatic rings. The molecule has 0 bridgehead atoms. The molecule has 1 rings (SSSR count). The second-order valence-corrected chi connectivity index (χ2v) is 5.31. The molecule has 0 aliphatic heterocycles. The molecule has 1 nitrogen and oxygen atoms in total. The van der Waals surface area contributed by atoms with Gasteiger partial charge in [0.15, 0.2) is 0 Å². The molecular weight excluding hydrogens is 240 g/mol. The molecule has 98 valence electrons. The summed E-state index contributed by atoms with van der Waals surface area (Å²) in [4.78, 5) is 1.18. The van der Waals surface area contributed by atoms with E-state index < -0.39 is 0 Å². The van der Waals surface area contributed by atoms with Gasteiger partial charge in [0.1, 0.15) is 0 Å². The van der Waals surface area contributed by atoms with Crippen molar-refractivity contribution in [2.45, 2.75) is 50.3 Å². The van der Waals surface area contributed by atoms with Gasteiger partial charge in [-0.2, -0.15) is 0 Å². The summed E-state index contributed by atoms with van der Waals surface area (Å²) in [5.74, 6) is 2.67. The summed E-state index contributed by atoms with van der Waals surface area (Å²) >= 11 is 1.47. The van der Waals surface area contributed by atoms with E-state index in [0.717, 1.165) is 25.9 Å². The summed E-state index contributed by atoms with van der Waals surface area (Å²) in [6, 6.07) is 8.41. The Morgan fingerprint density at radius 3 is 2.44 bits per heavy atom. The van der Waals surface area contributed by atoms with Gasteiger partial charge in [-0.15, -0.1) is 12.3 Å². The van der Waals surface area contributed by atoms with Gasteiger partial charge in [0.25, 0.3) is 0 Å². The van der Waals surface area contributed by atoms with Crippen molar-refractivity contribution < 1.29 is 4.18 Å². The predicted octanol–water partition coefficient (Wildman–Crippen LogP) is 4.99. The van der Waals surface area contributed by atoms with Crippen molar-refractivity contribution in [1.82, 2.24) is 0 Å². The van der Waals surface area contributed by atoms with Gasteiger partial charge in [-0.05, 0) is 31.9 Å². The summed E-state index contributed by atoms with van der Waals surface area (Å²) in [7, 11) is 0. The van der Waals surface area contributed by atoms with Crippen LogP contribution in [0.15, 0.2) is 29.2 Å². The molecule has 0 aliphatic carbocycles. The first kappa shape index (κ1) is 15.1. The maximum Gasteiger partial charge on any atom is 0.0618 e. The minimum absolute atomic E-state index is 0.827. The fourth-order valence-corrected chi connectivity index (χ4v) is 2.21.